The normalized spacial score (nSPS) is 17.1. The fourth-order valence-corrected chi connectivity index (χ4v) is 3.26. The largest absolute Gasteiger partial charge is 0.535 e. The smallest absolute Gasteiger partial charge is 0.522 e. The number of fused-ring (bicyclic) bond motifs is 1. The number of carboxylic acid groups (broad SMARTS) is 2. The summed E-state index contributed by atoms with van der Waals surface area (Å²) in [5.41, 5.74) is 6.41. The zero-order valence-electron chi connectivity index (χ0n) is 14.9. The Balaban J connectivity index is 0.00000196. The minimum atomic E-state index is -1.18. The summed E-state index contributed by atoms with van der Waals surface area (Å²) >= 11 is 0. The molecule has 0 spiro atoms. The van der Waals surface area contributed by atoms with Gasteiger partial charge in [0.15, 0.2) is 0 Å². The molecule has 0 aliphatic carbocycles. The molecule has 1 saturated heterocycles. The van der Waals surface area contributed by atoms with Crippen LogP contribution < -0.4 is 15.1 Å². The molecule has 1 aromatic rings. The number of aliphatic carboxylic acids is 1. The van der Waals surface area contributed by atoms with E-state index < -0.39 is 25.1 Å². The van der Waals surface area contributed by atoms with E-state index >= 15 is 0 Å². The number of rotatable bonds is 7. The van der Waals surface area contributed by atoms with Gasteiger partial charge in [0.2, 0.25) is 0 Å². The van der Waals surface area contributed by atoms with Crippen LogP contribution >= 0.6 is 24.8 Å². The SMILES string of the molecule is Cl.Cl.N[C@H](CC(=O)O)CN1CC(Oc2ccc3c(c2C(=O)O)OB(O)CC3)C1. The summed E-state index contributed by atoms with van der Waals surface area (Å²) in [6.07, 6.45) is 0.642. The molecule has 3 rings (SSSR count). The Kier molecular flexibility index (Phi) is 8.84. The van der Waals surface area contributed by atoms with Crippen molar-refractivity contribution < 1.29 is 34.2 Å². The molecule has 0 aromatic heterocycles. The number of hydrogen-bond acceptors (Lipinski definition) is 7. The number of halogens is 2. The summed E-state index contributed by atoms with van der Waals surface area (Å²) in [7, 11) is -1.02. The van der Waals surface area contributed by atoms with Gasteiger partial charge < -0.3 is 30.4 Å². The van der Waals surface area contributed by atoms with E-state index in [0.717, 1.165) is 5.56 Å². The van der Waals surface area contributed by atoms with Gasteiger partial charge >= 0.3 is 19.1 Å². The summed E-state index contributed by atoms with van der Waals surface area (Å²) in [4.78, 5) is 24.3. The van der Waals surface area contributed by atoms with Gasteiger partial charge in [-0.1, -0.05) is 6.07 Å². The molecule has 12 heteroatoms. The van der Waals surface area contributed by atoms with Crippen molar-refractivity contribution in [1.29, 1.82) is 0 Å². The number of hydrogen-bond donors (Lipinski definition) is 4. The van der Waals surface area contributed by atoms with E-state index in [-0.39, 0.29) is 54.4 Å². The van der Waals surface area contributed by atoms with Gasteiger partial charge in [-0.05, 0) is 24.4 Å². The first-order chi connectivity index (χ1) is 12.3. The molecule has 1 aromatic carbocycles. The number of aromatic carboxylic acids is 1. The van der Waals surface area contributed by atoms with Gasteiger partial charge in [-0.3, -0.25) is 9.69 Å². The van der Waals surface area contributed by atoms with Gasteiger partial charge in [-0.2, -0.15) is 0 Å². The first-order valence-corrected chi connectivity index (χ1v) is 8.43. The Bertz CT molecular complexity index is 718. The highest BCUT2D eigenvalue weighted by Gasteiger charge is 2.34. The molecule has 5 N–H and O–H groups in total. The van der Waals surface area contributed by atoms with E-state index in [1.165, 1.54) is 0 Å². The summed E-state index contributed by atoms with van der Waals surface area (Å²) in [5, 5.41) is 27.9. The molecule has 2 heterocycles. The van der Waals surface area contributed by atoms with Crippen molar-refractivity contribution in [2.45, 2.75) is 31.3 Å². The minimum absolute atomic E-state index is 0. The predicted octanol–water partition coefficient (Wildman–Crippen LogP) is 0.509. The standard InChI is InChI=1S/C16H21BN2O7.2ClH/c18-10(5-13(20)21)6-19-7-11(8-19)25-12-2-1-9-3-4-17(24)26-15(9)14(12)16(22)23;;/h1-2,10-11,24H,3-8,18H2,(H,20,21)(H,22,23);2*1H/t10-;;/m1../s1. The van der Waals surface area contributed by atoms with E-state index in [9.17, 15) is 19.7 Å². The second kappa shape index (κ2) is 10.2. The van der Waals surface area contributed by atoms with Crippen LogP contribution in [0.3, 0.4) is 0 Å². The second-order valence-corrected chi connectivity index (χ2v) is 6.66. The van der Waals surface area contributed by atoms with Crippen molar-refractivity contribution in [3.8, 4) is 11.5 Å². The highest BCUT2D eigenvalue weighted by Crippen LogP contribution is 2.37. The third-order valence-electron chi connectivity index (χ3n) is 4.48. The topological polar surface area (TPSA) is 143 Å². The van der Waals surface area contributed by atoms with Gasteiger partial charge in [0.1, 0.15) is 23.2 Å². The molecule has 2 aliphatic rings. The van der Waals surface area contributed by atoms with Crippen LogP contribution in [0.1, 0.15) is 22.3 Å². The zero-order chi connectivity index (χ0) is 18.8. The summed E-state index contributed by atoms with van der Waals surface area (Å²) in [6, 6.07) is 2.91. The Labute approximate surface area is 174 Å². The summed E-state index contributed by atoms with van der Waals surface area (Å²) < 4.78 is 11.1. The predicted molar refractivity (Wildman–Crippen MR) is 106 cm³/mol. The first kappa shape index (κ1) is 24.3. The molecule has 9 nitrogen and oxygen atoms in total. The number of likely N-dealkylation sites (tertiary alicyclic amines) is 1. The molecule has 0 amide bonds. The Morgan fingerprint density at radius 2 is 2.00 bits per heavy atom. The fourth-order valence-electron chi connectivity index (χ4n) is 3.26. The number of ether oxygens (including phenoxy) is 1. The van der Waals surface area contributed by atoms with Crippen LogP contribution in [-0.2, 0) is 11.2 Å². The molecular formula is C16H23BCl2N2O7. The molecule has 0 bridgehead atoms. The van der Waals surface area contributed by atoms with Crippen LogP contribution in [-0.4, -0.2) is 71.0 Å². The maximum atomic E-state index is 11.7. The van der Waals surface area contributed by atoms with Crippen LogP contribution in [0, 0.1) is 0 Å². The van der Waals surface area contributed by atoms with Crippen molar-refractivity contribution in [3.05, 3.63) is 23.3 Å². The Morgan fingerprint density at radius 1 is 1.32 bits per heavy atom. The Hall–Kier alpha value is -1.72. The third kappa shape index (κ3) is 5.65. The molecule has 0 unspecified atom stereocenters. The van der Waals surface area contributed by atoms with Crippen LogP contribution in [0.15, 0.2) is 12.1 Å². The van der Waals surface area contributed by atoms with Crippen molar-refractivity contribution >= 4 is 43.9 Å². The van der Waals surface area contributed by atoms with E-state index in [2.05, 4.69) is 0 Å². The number of nitrogens with two attached hydrogens (primary N) is 1. The van der Waals surface area contributed by atoms with Crippen LogP contribution in [0.4, 0.5) is 0 Å². The minimum Gasteiger partial charge on any atom is -0.535 e. The van der Waals surface area contributed by atoms with Crippen LogP contribution in [0.5, 0.6) is 11.5 Å². The van der Waals surface area contributed by atoms with Gasteiger partial charge in [-0.25, -0.2) is 4.79 Å². The monoisotopic (exact) mass is 436 g/mol. The van der Waals surface area contributed by atoms with Gasteiger partial charge in [0, 0.05) is 25.7 Å². The molecule has 0 saturated carbocycles. The molecule has 2 aliphatic heterocycles. The number of carbonyl (C=O) groups is 2. The lowest BCUT2D eigenvalue weighted by atomic mass is 9.78. The number of nitrogens with zero attached hydrogens (tertiary/aromatic N) is 1. The zero-order valence-corrected chi connectivity index (χ0v) is 16.6. The number of aryl methyl sites for hydroxylation is 1. The molecule has 28 heavy (non-hydrogen) atoms. The molecular weight excluding hydrogens is 414 g/mol. The van der Waals surface area contributed by atoms with Crippen molar-refractivity contribution in [2.75, 3.05) is 19.6 Å². The lowest BCUT2D eigenvalue weighted by molar-refractivity contribution is -0.137. The average molecular weight is 437 g/mol. The highest BCUT2D eigenvalue weighted by atomic mass is 35.5. The molecule has 0 radical (unpaired) electrons. The van der Waals surface area contributed by atoms with Crippen molar-refractivity contribution in [1.82, 2.24) is 4.90 Å². The molecule has 1 atom stereocenters. The quantitative estimate of drug-likeness (QED) is 0.449. The summed E-state index contributed by atoms with van der Waals surface area (Å²) in [5.74, 6) is -1.75. The van der Waals surface area contributed by atoms with E-state index in [1.54, 1.807) is 12.1 Å². The number of benzene rings is 1. The summed E-state index contributed by atoms with van der Waals surface area (Å²) in [6.45, 7) is 1.51. The highest BCUT2D eigenvalue weighted by molar-refractivity contribution is 6.44. The van der Waals surface area contributed by atoms with E-state index in [4.69, 9.17) is 20.2 Å². The maximum absolute atomic E-state index is 11.7. The van der Waals surface area contributed by atoms with E-state index in [0.29, 0.717) is 32.4 Å². The molecule has 156 valence electrons. The Morgan fingerprint density at radius 3 is 2.61 bits per heavy atom. The van der Waals surface area contributed by atoms with E-state index in [1.807, 2.05) is 4.90 Å². The molecule has 1 fully saturated rings. The fraction of sp³-hybridized carbons (Fsp3) is 0.500. The van der Waals surface area contributed by atoms with Crippen molar-refractivity contribution in [2.24, 2.45) is 5.73 Å². The number of carboxylic acids is 2. The maximum Gasteiger partial charge on any atom is 0.522 e. The average Bonchev–Trinajstić information content (AvgIpc) is 2.51. The van der Waals surface area contributed by atoms with Crippen LogP contribution in [0.25, 0.3) is 0 Å². The second-order valence-electron chi connectivity index (χ2n) is 6.66. The van der Waals surface area contributed by atoms with Gasteiger partial charge in [0.25, 0.3) is 0 Å². The lowest BCUT2D eigenvalue weighted by Crippen LogP contribution is -2.57. The third-order valence-corrected chi connectivity index (χ3v) is 4.48. The van der Waals surface area contributed by atoms with Crippen molar-refractivity contribution in [3.63, 3.8) is 0 Å². The first-order valence-electron chi connectivity index (χ1n) is 8.43. The van der Waals surface area contributed by atoms with Gasteiger partial charge in [0.05, 0.1) is 6.42 Å². The lowest BCUT2D eigenvalue weighted by Gasteiger charge is -2.40. The van der Waals surface area contributed by atoms with Gasteiger partial charge in [-0.15, -0.1) is 24.8 Å². The van der Waals surface area contributed by atoms with Crippen LogP contribution in [0.2, 0.25) is 6.32 Å².